The fourth-order valence-electron chi connectivity index (χ4n) is 2.15. The van der Waals surface area contributed by atoms with Crippen molar-refractivity contribution in [3.05, 3.63) is 10.6 Å². The first-order valence-electron chi connectivity index (χ1n) is 5.82. The SMILES string of the molecule is CCN1CCc2sc(N3CCC3)nc2C1. The first kappa shape index (κ1) is 9.60. The second-order valence-corrected chi connectivity index (χ2v) is 5.39. The summed E-state index contributed by atoms with van der Waals surface area (Å²) in [5, 5.41) is 1.27. The van der Waals surface area contributed by atoms with Crippen molar-refractivity contribution in [2.75, 3.05) is 31.1 Å². The van der Waals surface area contributed by atoms with E-state index in [0.717, 1.165) is 13.1 Å². The molecular weight excluding hydrogens is 206 g/mol. The lowest BCUT2D eigenvalue weighted by molar-refractivity contribution is 0.266. The lowest BCUT2D eigenvalue weighted by atomic mass is 10.2. The molecule has 0 aliphatic carbocycles. The second-order valence-electron chi connectivity index (χ2n) is 4.33. The average Bonchev–Trinajstić information content (AvgIpc) is 2.56. The molecule has 2 aliphatic rings. The van der Waals surface area contributed by atoms with Gasteiger partial charge in [0.05, 0.1) is 5.69 Å². The Kier molecular flexibility index (Phi) is 2.41. The van der Waals surface area contributed by atoms with E-state index in [9.17, 15) is 0 Å². The van der Waals surface area contributed by atoms with Crippen LogP contribution in [0, 0.1) is 0 Å². The summed E-state index contributed by atoms with van der Waals surface area (Å²) >= 11 is 1.92. The predicted octanol–water partition coefficient (Wildman–Crippen LogP) is 1.73. The Morgan fingerprint density at radius 2 is 2.20 bits per heavy atom. The molecule has 1 aromatic heterocycles. The molecule has 0 N–H and O–H groups in total. The van der Waals surface area contributed by atoms with Crippen LogP contribution < -0.4 is 4.90 Å². The molecule has 0 saturated carbocycles. The van der Waals surface area contributed by atoms with E-state index in [1.807, 2.05) is 11.3 Å². The summed E-state index contributed by atoms with van der Waals surface area (Å²) in [6.45, 7) is 8.08. The molecule has 0 radical (unpaired) electrons. The van der Waals surface area contributed by atoms with Gasteiger partial charge in [-0.1, -0.05) is 6.92 Å². The van der Waals surface area contributed by atoms with Crippen molar-refractivity contribution in [1.29, 1.82) is 0 Å². The molecule has 2 aliphatic heterocycles. The van der Waals surface area contributed by atoms with E-state index in [-0.39, 0.29) is 0 Å². The van der Waals surface area contributed by atoms with Crippen LogP contribution in [0.4, 0.5) is 5.13 Å². The predicted molar refractivity (Wildman–Crippen MR) is 63.6 cm³/mol. The fourth-order valence-corrected chi connectivity index (χ4v) is 3.26. The highest BCUT2D eigenvalue weighted by atomic mass is 32.1. The summed E-state index contributed by atoms with van der Waals surface area (Å²) in [6, 6.07) is 0. The minimum Gasteiger partial charge on any atom is -0.348 e. The first-order valence-corrected chi connectivity index (χ1v) is 6.64. The largest absolute Gasteiger partial charge is 0.348 e. The number of likely N-dealkylation sites (N-methyl/N-ethyl adjacent to an activating group) is 1. The fraction of sp³-hybridized carbons (Fsp3) is 0.727. The molecule has 82 valence electrons. The number of rotatable bonds is 2. The summed E-state index contributed by atoms with van der Waals surface area (Å²) in [5.74, 6) is 0. The third-order valence-corrected chi connectivity index (χ3v) is 4.59. The minimum atomic E-state index is 1.07. The number of hydrogen-bond acceptors (Lipinski definition) is 4. The summed E-state index contributed by atoms with van der Waals surface area (Å²) in [4.78, 5) is 11.2. The van der Waals surface area contributed by atoms with Crippen molar-refractivity contribution in [2.45, 2.75) is 26.3 Å². The Balaban J connectivity index is 1.81. The van der Waals surface area contributed by atoms with E-state index >= 15 is 0 Å². The highest BCUT2D eigenvalue weighted by Gasteiger charge is 2.24. The van der Waals surface area contributed by atoms with E-state index in [0.29, 0.717) is 0 Å². The quantitative estimate of drug-likeness (QED) is 0.761. The van der Waals surface area contributed by atoms with Crippen molar-refractivity contribution < 1.29 is 0 Å². The summed E-state index contributed by atoms with van der Waals surface area (Å²) in [7, 11) is 0. The normalized spacial score (nSPS) is 21.3. The highest BCUT2D eigenvalue weighted by molar-refractivity contribution is 7.15. The van der Waals surface area contributed by atoms with E-state index < -0.39 is 0 Å². The number of anilines is 1. The molecule has 15 heavy (non-hydrogen) atoms. The van der Waals surface area contributed by atoms with Crippen LogP contribution in [0.15, 0.2) is 0 Å². The van der Waals surface area contributed by atoms with Crippen LogP contribution in [0.3, 0.4) is 0 Å². The molecule has 0 aromatic carbocycles. The van der Waals surface area contributed by atoms with Gasteiger partial charge in [-0.15, -0.1) is 11.3 Å². The molecule has 3 heterocycles. The zero-order chi connectivity index (χ0) is 10.3. The van der Waals surface area contributed by atoms with Gasteiger partial charge in [0.25, 0.3) is 0 Å². The Bertz CT molecular complexity index is 357. The van der Waals surface area contributed by atoms with Crippen molar-refractivity contribution in [3.8, 4) is 0 Å². The molecule has 1 saturated heterocycles. The van der Waals surface area contributed by atoms with E-state index in [4.69, 9.17) is 4.98 Å². The van der Waals surface area contributed by atoms with Crippen molar-refractivity contribution in [2.24, 2.45) is 0 Å². The number of nitrogens with zero attached hydrogens (tertiary/aromatic N) is 3. The lowest BCUT2D eigenvalue weighted by Crippen LogP contribution is -2.36. The van der Waals surface area contributed by atoms with Gasteiger partial charge in [0.15, 0.2) is 5.13 Å². The summed E-state index contributed by atoms with van der Waals surface area (Å²) in [5.41, 5.74) is 1.34. The summed E-state index contributed by atoms with van der Waals surface area (Å²) in [6.07, 6.45) is 2.54. The van der Waals surface area contributed by atoms with Crippen LogP contribution in [0.2, 0.25) is 0 Å². The van der Waals surface area contributed by atoms with Gasteiger partial charge in [-0.2, -0.15) is 0 Å². The maximum Gasteiger partial charge on any atom is 0.185 e. The van der Waals surface area contributed by atoms with Crippen molar-refractivity contribution in [1.82, 2.24) is 9.88 Å². The van der Waals surface area contributed by atoms with Crippen LogP contribution in [-0.4, -0.2) is 36.1 Å². The minimum absolute atomic E-state index is 1.07. The number of thiazole rings is 1. The zero-order valence-electron chi connectivity index (χ0n) is 9.20. The molecule has 3 nitrogen and oxygen atoms in total. The van der Waals surface area contributed by atoms with Gasteiger partial charge in [0.1, 0.15) is 0 Å². The van der Waals surface area contributed by atoms with Crippen LogP contribution in [-0.2, 0) is 13.0 Å². The molecule has 0 unspecified atom stereocenters. The summed E-state index contributed by atoms with van der Waals surface area (Å²) < 4.78 is 0. The molecule has 1 fully saturated rings. The topological polar surface area (TPSA) is 19.4 Å². The maximum absolute atomic E-state index is 4.77. The highest BCUT2D eigenvalue weighted by Crippen LogP contribution is 2.32. The third-order valence-electron chi connectivity index (χ3n) is 3.37. The van der Waals surface area contributed by atoms with E-state index in [2.05, 4.69) is 16.7 Å². The van der Waals surface area contributed by atoms with Gasteiger partial charge in [-0.25, -0.2) is 4.98 Å². The van der Waals surface area contributed by atoms with Crippen molar-refractivity contribution >= 4 is 16.5 Å². The van der Waals surface area contributed by atoms with Gasteiger partial charge in [-0.05, 0) is 19.4 Å². The lowest BCUT2D eigenvalue weighted by Gasteiger charge is -2.30. The van der Waals surface area contributed by atoms with Crippen LogP contribution in [0.5, 0.6) is 0 Å². The van der Waals surface area contributed by atoms with E-state index in [1.165, 1.54) is 48.2 Å². The number of aromatic nitrogens is 1. The molecule has 0 spiro atoms. The van der Waals surface area contributed by atoms with Gasteiger partial charge in [-0.3, -0.25) is 4.90 Å². The average molecular weight is 223 g/mol. The third kappa shape index (κ3) is 1.66. The number of hydrogen-bond donors (Lipinski definition) is 0. The van der Waals surface area contributed by atoms with Crippen LogP contribution >= 0.6 is 11.3 Å². The first-order chi connectivity index (χ1) is 7.36. The second kappa shape index (κ2) is 3.76. The van der Waals surface area contributed by atoms with Gasteiger partial charge in [0, 0.05) is 31.1 Å². The van der Waals surface area contributed by atoms with E-state index in [1.54, 1.807) is 0 Å². The van der Waals surface area contributed by atoms with Gasteiger partial charge < -0.3 is 4.90 Å². The molecule has 4 heteroatoms. The van der Waals surface area contributed by atoms with Crippen molar-refractivity contribution in [3.63, 3.8) is 0 Å². The maximum atomic E-state index is 4.77. The molecular formula is C11H17N3S. The number of fused-ring (bicyclic) bond motifs is 1. The molecule has 0 amide bonds. The Hall–Kier alpha value is -0.610. The van der Waals surface area contributed by atoms with Crippen LogP contribution in [0.25, 0.3) is 0 Å². The molecule has 1 aromatic rings. The zero-order valence-corrected chi connectivity index (χ0v) is 10.0. The molecule has 3 rings (SSSR count). The molecule has 0 atom stereocenters. The standard InChI is InChI=1S/C11H17N3S/c1-2-13-7-4-10-9(8-13)12-11(15-10)14-5-3-6-14/h2-8H2,1H3. The molecule has 0 bridgehead atoms. The van der Waals surface area contributed by atoms with Gasteiger partial charge in [0.2, 0.25) is 0 Å². The van der Waals surface area contributed by atoms with Crippen LogP contribution in [0.1, 0.15) is 23.9 Å². The smallest absolute Gasteiger partial charge is 0.185 e. The Labute approximate surface area is 94.7 Å². The Morgan fingerprint density at radius 3 is 2.87 bits per heavy atom. The Morgan fingerprint density at radius 1 is 1.33 bits per heavy atom. The van der Waals surface area contributed by atoms with Gasteiger partial charge >= 0.3 is 0 Å². The monoisotopic (exact) mass is 223 g/mol.